The van der Waals surface area contributed by atoms with E-state index in [2.05, 4.69) is 47.9 Å². The number of nitrogens with zero attached hydrogens (tertiary/aromatic N) is 2. The third kappa shape index (κ3) is 3.45. The normalized spacial score (nSPS) is 11.0. The van der Waals surface area contributed by atoms with Gasteiger partial charge in [-0.15, -0.1) is 0 Å². The number of hydrogen-bond donors (Lipinski definition) is 2. The molecule has 4 aromatic rings. The van der Waals surface area contributed by atoms with E-state index in [0.717, 1.165) is 42.2 Å². The van der Waals surface area contributed by atoms with Crippen molar-refractivity contribution in [3.05, 3.63) is 47.8 Å². The number of nitrogens with one attached hydrogen (secondary N) is 1. The van der Waals surface area contributed by atoms with Crippen LogP contribution in [0.25, 0.3) is 32.6 Å². The molecule has 0 aliphatic carbocycles. The van der Waals surface area contributed by atoms with Crippen LogP contribution in [0.5, 0.6) is 5.75 Å². The maximum Gasteiger partial charge on any atom is 0.176 e. The maximum absolute atomic E-state index is 9.92. The van der Waals surface area contributed by atoms with Crippen LogP contribution in [-0.4, -0.2) is 10.1 Å². The molecular formula is C23H24BrN3O. The first-order chi connectivity index (χ1) is 13.1. The molecular weight excluding hydrogens is 414 g/mol. The first-order valence-corrected chi connectivity index (χ1v) is 9.53. The summed E-state index contributed by atoms with van der Waals surface area (Å²) in [6.45, 7) is 5.29. The van der Waals surface area contributed by atoms with Gasteiger partial charge in [-0.3, -0.25) is 0 Å². The number of rotatable bonds is 5. The minimum atomic E-state index is 0. The molecule has 0 aliphatic rings. The third-order valence-electron chi connectivity index (χ3n) is 5.56. The fraction of sp³-hybridized carbons (Fsp3) is 0.304. The summed E-state index contributed by atoms with van der Waals surface area (Å²) in [6, 6.07) is 9.92. The molecule has 4 rings (SSSR count). The van der Waals surface area contributed by atoms with E-state index >= 15 is 0 Å². The minimum Gasteiger partial charge on any atom is -1.00 e. The molecule has 0 saturated heterocycles. The number of nitriles is 1. The predicted molar refractivity (Wildman–Crippen MR) is 109 cm³/mol. The number of aromatic hydroxyl groups is 1. The average molecular weight is 438 g/mol. The number of hydrogen-bond acceptors (Lipinski definition) is 2. The average Bonchev–Trinajstić information content (AvgIpc) is 3.05. The summed E-state index contributed by atoms with van der Waals surface area (Å²) in [7, 11) is 0. The number of aryl methyl sites for hydroxylation is 3. The van der Waals surface area contributed by atoms with E-state index in [1.54, 1.807) is 6.07 Å². The van der Waals surface area contributed by atoms with Crippen LogP contribution in [0.15, 0.2) is 36.7 Å². The largest absolute Gasteiger partial charge is 1.00 e. The molecule has 2 aromatic heterocycles. The Balaban J connectivity index is 0.00000225. The molecule has 0 unspecified atom stereocenters. The summed E-state index contributed by atoms with van der Waals surface area (Å²) in [6.07, 6.45) is 8.19. The Kier molecular flexibility index (Phi) is 5.90. The Morgan fingerprint density at radius 3 is 2.64 bits per heavy atom. The Bertz CT molecular complexity index is 1200. The van der Waals surface area contributed by atoms with Crippen molar-refractivity contribution < 1.29 is 26.7 Å². The third-order valence-corrected chi connectivity index (χ3v) is 5.56. The Labute approximate surface area is 175 Å². The lowest BCUT2D eigenvalue weighted by Gasteiger charge is -2.08. The SMILES string of the molecule is Cc1c2c[n+](CCCCCC#N)ccc2c(C)c2c1[nH]c1ccc(O)cc12.[Br-]. The van der Waals surface area contributed by atoms with Crippen molar-refractivity contribution in [2.45, 2.75) is 46.1 Å². The summed E-state index contributed by atoms with van der Waals surface area (Å²) in [4.78, 5) is 3.54. The number of pyridine rings is 1. The molecule has 0 spiro atoms. The van der Waals surface area contributed by atoms with Crippen LogP contribution in [-0.2, 0) is 6.54 Å². The molecule has 0 saturated carbocycles. The van der Waals surface area contributed by atoms with Crippen LogP contribution in [0, 0.1) is 25.2 Å². The summed E-state index contributed by atoms with van der Waals surface area (Å²) < 4.78 is 2.25. The fourth-order valence-corrected chi connectivity index (χ4v) is 4.10. The van der Waals surface area contributed by atoms with Gasteiger partial charge in [-0.1, -0.05) is 0 Å². The van der Waals surface area contributed by atoms with E-state index in [-0.39, 0.29) is 17.0 Å². The topological polar surface area (TPSA) is 63.7 Å². The first-order valence-electron chi connectivity index (χ1n) is 9.53. The van der Waals surface area contributed by atoms with Crippen LogP contribution in [0.3, 0.4) is 0 Å². The van der Waals surface area contributed by atoms with Crippen LogP contribution in [0.4, 0.5) is 0 Å². The zero-order chi connectivity index (χ0) is 19.0. The quantitative estimate of drug-likeness (QED) is 0.371. The number of benzene rings is 2. The summed E-state index contributed by atoms with van der Waals surface area (Å²) in [5.74, 6) is 0.294. The Morgan fingerprint density at radius 2 is 1.86 bits per heavy atom. The van der Waals surface area contributed by atoms with Gasteiger partial charge >= 0.3 is 0 Å². The molecule has 4 nitrogen and oxygen atoms in total. The number of phenols is 1. The number of halogens is 1. The van der Waals surface area contributed by atoms with Gasteiger partial charge in [0.2, 0.25) is 0 Å². The van der Waals surface area contributed by atoms with Crippen LogP contribution in [0.2, 0.25) is 0 Å². The van der Waals surface area contributed by atoms with Gasteiger partial charge in [0.15, 0.2) is 12.4 Å². The van der Waals surface area contributed by atoms with Gasteiger partial charge in [0.1, 0.15) is 12.3 Å². The zero-order valence-corrected chi connectivity index (χ0v) is 17.8. The van der Waals surface area contributed by atoms with Crippen molar-refractivity contribution in [1.82, 2.24) is 4.98 Å². The molecule has 2 aromatic carbocycles. The molecule has 2 N–H and O–H groups in total. The van der Waals surface area contributed by atoms with E-state index in [1.165, 1.54) is 27.3 Å². The van der Waals surface area contributed by atoms with Crippen LogP contribution in [0.1, 0.15) is 36.8 Å². The number of aromatic amines is 1. The monoisotopic (exact) mass is 437 g/mol. The minimum absolute atomic E-state index is 0. The molecule has 28 heavy (non-hydrogen) atoms. The number of phenolic OH excluding ortho intramolecular Hbond substituents is 1. The Morgan fingerprint density at radius 1 is 1.04 bits per heavy atom. The highest BCUT2D eigenvalue weighted by molar-refractivity contribution is 6.16. The second-order valence-electron chi connectivity index (χ2n) is 7.33. The molecule has 0 radical (unpaired) electrons. The summed E-state index contributed by atoms with van der Waals surface area (Å²) in [5, 5.41) is 23.3. The number of H-pyrrole nitrogens is 1. The van der Waals surface area contributed by atoms with Crippen molar-refractivity contribution in [2.75, 3.05) is 0 Å². The van der Waals surface area contributed by atoms with Gasteiger partial charge in [-0.05, 0) is 61.4 Å². The van der Waals surface area contributed by atoms with Gasteiger partial charge in [0, 0.05) is 35.2 Å². The molecule has 0 aliphatic heterocycles. The Hall–Kier alpha value is -2.58. The van der Waals surface area contributed by atoms with Crippen LogP contribution >= 0.6 is 0 Å². The molecule has 0 fully saturated rings. The van der Waals surface area contributed by atoms with Crippen molar-refractivity contribution in [3.8, 4) is 11.8 Å². The maximum atomic E-state index is 9.92. The number of aromatic nitrogens is 2. The lowest BCUT2D eigenvalue weighted by Crippen LogP contribution is -3.00. The van der Waals surface area contributed by atoms with E-state index in [0.29, 0.717) is 12.2 Å². The molecule has 144 valence electrons. The highest BCUT2D eigenvalue weighted by atomic mass is 79.9. The zero-order valence-electron chi connectivity index (χ0n) is 16.2. The highest BCUT2D eigenvalue weighted by Gasteiger charge is 2.16. The van der Waals surface area contributed by atoms with Crippen molar-refractivity contribution in [3.63, 3.8) is 0 Å². The van der Waals surface area contributed by atoms with Gasteiger partial charge < -0.3 is 27.1 Å². The van der Waals surface area contributed by atoms with Crippen molar-refractivity contribution in [1.29, 1.82) is 5.26 Å². The molecule has 2 heterocycles. The van der Waals surface area contributed by atoms with E-state index < -0.39 is 0 Å². The van der Waals surface area contributed by atoms with Gasteiger partial charge in [0.25, 0.3) is 0 Å². The number of fused-ring (bicyclic) bond motifs is 4. The summed E-state index contributed by atoms with van der Waals surface area (Å²) >= 11 is 0. The molecule has 0 amide bonds. The molecule has 0 atom stereocenters. The van der Waals surface area contributed by atoms with E-state index in [9.17, 15) is 5.11 Å². The smallest absolute Gasteiger partial charge is 0.176 e. The van der Waals surface area contributed by atoms with Crippen LogP contribution < -0.4 is 21.5 Å². The number of unbranched alkanes of at least 4 members (excludes halogenated alkanes) is 3. The van der Waals surface area contributed by atoms with E-state index in [4.69, 9.17) is 5.26 Å². The molecule has 0 bridgehead atoms. The summed E-state index contributed by atoms with van der Waals surface area (Å²) in [5.41, 5.74) is 4.67. The second kappa shape index (κ2) is 8.20. The van der Waals surface area contributed by atoms with Crippen molar-refractivity contribution >= 4 is 32.6 Å². The highest BCUT2D eigenvalue weighted by Crippen LogP contribution is 2.37. The van der Waals surface area contributed by atoms with Gasteiger partial charge in [-0.2, -0.15) is 5.26 Å². The second-order valence-corrected chi connectivity index (χ2v) is 7.33. The predicted octanol–water partition coefficient (Wildman–Crippen LogP) is 2.17. The molecule has 5 heteroatoms. The standard InChI is InChI=1S/C23H23N3O.BrH/c1-15-18-9-12-26(11-6-4-3-5-10-24)14-20(18)16(2)23-22(15)19-13-17(27)7-8-21(19)25-23;/h7-9,12-14,27H,3-6,11H2,1-2H3;1H. The van der Waals surface area contributed by atoms with Crippen molar-refractivity contribution in [2.24, 2.45) is 0 Å². The lowest BCUT2D eigenvalue weighted by molar-refractivity contribution is -0.696. The van der Waals surface area contributed by atoms with E-state index in [1.807, 2.05) is 12.1 Å². The van der Waals surface area contributed by atoms with Gasteiger partial charge in [-0.25, -0.2) is 4.57 Å². The first kappa shape index (κ1) is 20.2. The van der Waals surface area contributed by atoms with Gasteiger partial charge in [0.05, 0.1) is 17.0 Å². The lowest BCUT2D eigenvalue weighted by atomic mass is 9.97. The fourth-order valence-electron chi connectivity index (χ4n) is 4.10.